The molecule has 132 valence electrons. The van der Waals surface area contributed by atoms with Crippen LogP contribution in [-0.2, 0) is 10.0 Å². The van der Waals surface area contributed by atoms with Crippen LogP contribution in [0.2, 0.25) is 0 Å². The molecule has 3 rings (SSSR count). The van der Waals surface area contributed by atoms with Crippen LogP contribution >= 0.6 is 0 Å². The fourth-order valence-electron chi connectivity index (χ4n) is 2.47. The van der Waals surface area contributed by atoms with E-state index in [2.05, 4.69) is 10.5 Å². The monoisotopic (exact) mass is 370 g/mol. The van der Waals surface area contributed by atoms with Gasteiger partial charge in [0.05, 0.1) is 16.0 Å². The predicted octanol–water partition coefficient (Wildman–Crippen LogP) is 2.84. The molecule has 3 aromatic carbocycles. The Hall–Kier alpha value is -3.30. The third kappa shape index (κ3) is 3.68. The number of anilines is 1. The highest BCUT2D eigenvalue weighted by molar-refractivity contribution is 7.89. The van der Waals surface area contributed by atoms with Crippen molar-refractivity contribution in [3.63, 3.8) is 0 Å². The van der Waals surface area contributed by atoms with Crippen molar-refractivity contribution < 1.29 is 13.3 Å². The first-order valence-electron chi connectivity index (χ1n) is 7.44. The number of primary sulfonamides is 1. The number of benzene rings is 3. The number of nitrogens with two attached hydrogens (primary N) is 1. The van der Waals surface area contributed by atoms with Crippen LogP contribution in [0.5, 0.6) is 0 Å². The Morgan fingerprint density at radius 2 is 1.81 bits per heavy atom. The zero-order chi connectivity index (χ0) is 18.7. The molecule has 0 aliphatic heterocycles. The molecule has 0 spiro atoms. The van der Waals surface area contributed by atoms with Gasteiger partial charge in [-0.1, -0.05) is 42.5 Å². The average Bonchev–Trinajstić information content (AvgIpc) is 2.61. The molecule has 0 aliphatic carbocycles. The van der Waals surface area contributed by atoms with Crippen LogP contribution in [0.1, 0.15) is 5.56 Å². The summed E-state index contributed by atoms with van der Waals surface area (Å²) in [6.07, 6.45) is 1.54. The van der Waals surface area contributed by atoms with E-state index in [1.54, 1.807) is 6.21 Å². The highest BCUT2D eigenvalue weighted by Gasteiger charge is 2.18. The van der Waals surface area contributed by atoms with E-state index in [9.17, 15) is 18.5 Å². The van der Waals surface area contributed by atoms with Gasteiger partial charge in [0.25, 0.3) is 5.69 Å². The number of nitro groups is 1. The molecular weight excluding hydrogens is 356 g/mol. The second-order valence-electron chi connectivity index (χ2n) is 5.42. The fourth-order valence-corrected chi connectivity index (χ4v) is 3.00. The number of nitro benzene ring substituents is 1. The van der Waals surface area contributed by atoms with E-state index >= 15 is 0 Å². The van der Waals surface area contributed by atoms with Crippen molar-refractivity contribution in [2.24, 2.45) is 10.2 Å². The fraction of sp³-hybridized carbons (Fsp3) is 0. The lowest BCUT2D eigenvalue weighted by Crippen LogP contribution is -2.12. The minimum atomic E-state index is -4.03. The van der Waals surface area contributed by atoms with Crippen LogP contribution in [0.4, 0.5) is 11.4 Å². The number of sulfonamides is 1. The number of nitrogens with one attached hydrogen (secondary N) is 1. The zero-order valence-electron chi connectivity index (χ0n) is 13.4. The lowest BCUT2D eigenvalue weighted by Gasteiger charge is -2.05. The molecule has 0 atom stereocenters. The third-order valence-electron chi connectivity index (χ3n) is 3.71. The summed E-state index contributed by atoms with van der Waals surface area (Å²) in [6, 6.07) is 16.8. The highest BCUT2D eigenvalue weighted by atomic mass is 32.2. The average molecular weight is 370 g/mol. The lowest BCUT2D eigenvalue weighted by molar-refractivity contribution is -0.384. The summed E-state index contributed by atoms with van der Waals surface area (Å²) in [5, 5.41) is 22.3. The van der Waals surface area contributed by atoms with Gasteiger partial charge in [0, 0.05) is 11.6 Å². The van der Waals surface area contributed by atoms with Gasteiger partial charge >= 0.3 is 0 Å². The van der Waals surface area contributed by atoms with E-state index in [1.165, 1.54) is 12.1 Å². The summed E-state index contributed by atoms with van der Waals surface area (Å²) < 4.78 is 22.7. The zero-order valence-corrected chi connectivity index (χ0v) is 14.2. The molecule has 0 saturated carbocycles. The van der Waals surface area contributed by atoms with Crippen LogP contribution < -0.4 is 10.6 Å². The molecule has 9 heteroatoms. The molecule has 8 nitrogen and oxygen atoms in total. The molecule has 0 fully saturated rings. The van der Waals surface area contributed by atoms with Crippen LogP contribution in [0.25, 0.3) is 10.8 Å². The summed E-state index contributed by atoms with van der Waals surface area (Å²) in [6.45, 7) is 0. The Morgan fingerprint density at radius 3 is 2.54 bits per heavy atom. The number of hydrogen-bond acceptors (Lipinski definition) is 6. The number of hydrazone groups is 1. The first kappa shape index (κ1) is 17.5. The number of hydrogen-bond donors (Lipinski definition) is 2. The minimum Gasteiger partial charge on any atom is -0.272 e. The Kier molecular flexibility index (Phi) is 4.65. The van der Waals surface area contributed by atoms with Gasteiger partial charge in [-0.25, -0.2) is 13.6 Å². The van der Waals surface area contributed by atoms with Crippen molar-refractivity contribution in [2.45, 2.75) is 4.90 Å². The van der Waals surface area contributed by atoms with Crippen LogP contribution in [-0.4, -0.2) is 19.6 Å². The van der Waals surface area contributed by atoms with Crippen molar-refractivity contribution >= 4 is 38.4 Å². The van der Waals surface area contributed by atoms with E-state index in [-0.39, 0.29) is 10.6 Å². The van der Waals surface area contributed by atoms with Crippen molar-refractivity contribution in [1.29, 1.82) is 0 Å². The summed E-state index contributed by atoms with van der Waals surface area (Å²) in [7, 11) is -4.03. The highest BCUT2D eigenvalue weighted by Crippen LogP contribution is 2.27. The summed E-state index contributed by atoms with van der Waals surface area (Å²) in [5.41, 5.74) is 3.03. The minimum absolute atomic E-state index is 0.0545. The number of rotatable bonds is 5. The van der Waals surface area contributed by atoms with Crippen molar-refractivity contribution in [1.82, 2.24) is 0 Å². The normalized spacial score (nSPS) is 11.7. The van der Waals surface area contributed by atoms with E-state index in [0.717, 1.165) is 22.4 Å². The van der Waals surface area contributed by atoms with Gasteiger partial charge in [-0.2, -0.15) is 5.10 Å². The Labute approximate surface area is 149 Å². The SMILES string of the molecule is NS(=O)(=O)c1ccc(NN=Cc2cccc3ccccc23)c([N+](=O)[O-])c1. The molecule has 0 aromatic heterocycles. The van der Waals surface area contributed by atoms with Gasteiger partial charge in [-0.3, -0.25) is 15.5 Å². The smallest absolute Gasteiger partial charge is 0.272 e. The van der Waals surface area contributed by atoms with E-state index in [1.807, 2.05) is 42.5 Å². The van der Waals surface area contributed by atoms with Gasteiger partial charge in [-0.15, -0.1) is 0 Å². The number of fused-ring (bicyclic) bond motifs is 1. The third-order valence-corrected chi connectivity index (χ3v) is 4.62. The topological polar surface area (TPSA) is 128 Å². The molecule has 0 heterocycles. The number of nitrogens with zero attached hydrogens (tertiary/aromatic N) is 2. The van der Waals surface area contributed by atoms with Crippen molar-refractivity contribution in [3.8, 4) is 0 Å². The van der Waals surface area contributed by atoms with E-state index < -0.39 is 20.6 Å². The second kappa shape index (κ2) is 6.90. The maximum atomic E-state index is 11.3. The Bertz CT molecular complexity index is 1120. The molecule has 0 aliphatic rings. The summed E-state index contributed by atoms with van der Waals surface area (Å²) in [4.78, 5) is 10.1. The van der Waals surface area contributed by atoms with Gasteiger partial charge in [0.2, 0.25) is 10.0 Å². The molecule has 3 aromatic rings. The first-order valence-corrected chi connectivity index (χ1v) is 8.99. The second-order valence-corrected chi connectivity index (χ2v) is 6.98. The maximum Gasteiger partial charge on any atom is 0.295 e. The van der Waals surface area contributed by atoms with Crippen LogP contribution in [0, 0.1) is 10.1 Å². The standard InChI is InChI=1S/C17H14N4O4S/c18-26(24,25)14-8-9-16(17(10-14)21(22)23)20-19-11-13-6-3-5-12-4-1-2-7-15(12)13/h1-11,20H,(H2,18,24,25). The first-order chi connectivity index (χ1) is 12.4. The Morgan fingerprint density at radius 1 is 1.08 bits per heavy atom. The lowest BCUT2D eigenvalue weighted by atomic mass is 10.1. The molecule has 0 bridgehead atoms. The summed E-state index contributed by atoms with van der Waals surface area (Å²) >= 11 is 0. The largest absolute Gasteiger partial charge is 0.295 e. The van der Waals surface area contributed by atoms with Gasteiger partial charge in [-0.05, 0) is 22.9 Å². The van der Waals surface area contributed by atoms with Crippen LogP contribution in [0.3, 0.4) is 0 Å². The van der Waals surface area contributed by atoms with Crippen LogP contribution in [0.15, 0.2) is 70.7 Å². The van der Waals surface area contributed by atoms with Gasteiger partial charge in [0.15, 0.2) is 0 Å². The van der Waals surface area contributed by atoms with E-state index in [4.69, 9.17) is 5.14 Å². The molecular formula is C17H14N4O4S. The van der Waals surface area contributed by atoms with E-state index in [0.29, 0.717) is 0 Å². The van der Waals surface area contributed by atoms with Gasteiger partial charge in [0.1, 0.15) is 5.69 Å². The molecule has 26 heavy (non-hydrogen) atoms. The van der Waals surface area contributed by atoms with Crippen molar-refractivity contribution in [2.75, 3.05) is 5.43 Å². The molecule has 0 radical (unpaired) electrons. The molecule has 3 N–H and O–H groups in total. The summed E-state index contributed by atoms with van der Waals surface area (Å²) in [5.74, 6) is 0. The quantitative estimate of drug-likeness (QED) is 0.405. The molecule has 0 unspecified atom stereocenters. The predicted molar refractivity (Wildman–Crippen MR) is 99.6 cm³/mol. The Balaban J connectivity index is 1.91. The van der Waals surface area contributed by atoms with Crippen molar-refractivity contribution in [3.05, 3.63) is 76.3 Å². The molecule has 0 saturated heterocycles. The maximum absolute atomic E-state index is 11.3. The van der Waals surface area contributed by atoms with Gasteiger partial charge < -0.3 is 0 Å². The molecule has 0 amide bonds.